The van der Waals surface area contributed by atoms with E-state index in [9.17, 15) is 4.79 Å². The number of ether oxygens (including phenoxy) is 1. The van der Waals surface area contributed by atoms with Crippen LogP contribution in [0.25, 0.3) is 0 Å². The molecule has 2 saturated heterocycles. The number of H-pyrrole nitrogens is 1. The molecule has 21 heavy (non-hydrogen) atoms. The van der Waals surface area contributed by atoms with Gasteiger partial charge in [0.2, 0.25) is 5.91 Å². The lowest BCUT2D eigenvalue weighted by Crippen LogP contribution is -2.51. The number of nitrogens with zero attached hydrogens (tertiary/aromatic N) is 2. The van der Waals surface area contributed by atoms with Crippen LogP contribution < -0.4 is 5.32 Å². The summed E-state index contributed by atoms with van der Waals surface area (Å²) in [5.74, 6) is 1.07. The second-order valence-corrected chi connectivity index (χ2v) is 5.99. The van der Waals surface area contributed by atoms with Crippen LogP contribution in [0.3, 0.4) is 0 Å². The van der Waals surface area contributed by atoms with Gasteiger partial charge in [0.25, 0.3) is 0 Å². The predicted octanol–water partition coefficient (Wildman–Crippen LogP) is 0.760. The van der Waals surface area contributed by atoms with Gasteiger partial charge in [-0.15, -0.1) is 0 Å². The minimum atomic E-state index is 0.0143. The zero-order valence-electron chi connectivity index (χ0n) is 12.8. The zero-order valence-corrected chi connectivity index (χ0v) is 12.8. The molecule has 0 spiro atoms. The first-order valence-corrected chi connectivity index (χ1v) is 7.83. The van der Waals surface area contributed by atoms with E-state index in [2.05, 4.69) is 34.0 Å². The Morgan fingerprint density at radius 2 is 2.19 bits per heavy atom. The molecule has 2 fully saturated rings. The Morgan fingerprint density at radius 3 is 2.95 bits per heavy atom. The van der Waals surface area contributed by atoms with Gasteiger partial charge in [0.05, 0.1) is 17.8 Å². The summed E-state index contributed by atoms with van der Waals surface area (Å²) in [7, 11) is 0. The molecule has 3 rings (SSSR count). The lowest BCUT2D eigenvalue weighted by Gasteiger charge is -2.30. The Balaban J connectivity index is 1.62. The summed E-state index contributed by atoms with van der Waals surface area (Å²) in [5.41, 5.74) is 2.31. The molecule has 2 aliphatic heterocycles. The van der Waals surface area contributed by atoms with E-state index in [4.69, 9.17) is 4.74 Å². The van der Waals surface area contributed by atoms with Gasteiger partial charge in [0.1, 0.15) is 12.4 Å². The Morgan fingerprint density at radius 1 is 1.38 bits per heavy atom. The number of hydrogen-bond acceptors (Lipinski definition) is 4. The molecular weight excluding hydrogens is 268 g/mol. The zero-order chi connectivity index (χ0) is 14.8. The number of aromatic amines is 1. The van der Waals surface area contributed by atoms with Crippen molar-refractivity contribution in [1.82, 2.24) is 20.2 Å². The van der Waals surface area contributed by atoms with E-state index in [1.807, 2.05) is 0 Å². The molecule has 6 heteroatoms. The molecule has 1 amide bonds. The van der Waals surface area contributed by atoms with E-state index in [0.717, 1.165) is 56.1 Å². The topological polar surface area (TPSA) is 70.2 Å². The number of aromatic nitrogens is 2. The van der Waals surface area contributed by atoms with Crippen molar-refractivity contribution < 1.29 is 9.53 Å². The average molecular weight is 292 g/mol. The number of rotatable bonds is 3. The quantitative estimate of drug-likeness (QED) is 0.863. The van der Waals surface area contributed by atoms with Crippen LogP contribution in [0.15, 0.2) is 0 Å². The SMILES string of the molecule is CCc1nc(CN2CC[C@@H]3NC(=O)CO[C@H]3CC2)c(C)[nH]1. The number of fused-ring (bicyclic) bond motifs is 1. The summed E-state index contributed by atoms with van der Waals surface area (Å²) in [6, 6.07) is 0.169. The van der Waals surface area contributed by atoms with Crippen molar-refractivity contribution in [3.63, 3.8) is 0 Å². The Hall–Kier alpha value is -1.40. The molecule has 2 aliphatic rings. The third kappa shape index (κ3) is 3.27. The van der Waals surface area contributed by atoms with Gasteiger partial charge >= 0.3 is 0 Å². The number of aryl methyl sites for hydroxylation is 2. The van der Waals surface area contributed by atoms with Crippen molar-refractivity contribution >= 4 is 5.91 Å². The second kappa shape index (κ2) is 6.15. The normalized spacial score (nSPS) is 27.0. The number of nitrogens with one attached hydrogen (secondary N) is 2. The monoisotopic (exact) mass is 292 g/mol. The van der Waals surface area contributed by atoms with Gasteiger partial charge in [-0.25, -0.2) is 4.98 Å². The fourth-order valence-electron chi connectivity index (χ4n) is 3.18. The maximum Gasteiger partial charge on any atom is 0.246 e. The largest absolute Gasteiger partial charge is 0.366 e. The maximum atomic E-state index is 11.4. The van der Waals surface area contributed by atoms with Gasteiger partial charge < -0.3 is 15.0 Å². The minimum Gasteiger partial charge on any atom is -0.366 e. The number of amides is 1. The molecule has 0 aromatic carbocycles. The summed E-state index contributed by atoms with van der Waals surface area (Å²) >= 11 is 0. The average Bonchev–Trinajstić information content (AvgIpc) is 2.70. The fraction of sp³-hybridized carbons (Fsp3) is 0.733. The van der Waals surface area contributed by atoms with Crippen LogP contribution in [-0.4, -0.2) is 52.6 Å². The van der Waals surface area contributed by atoms with Crippen LogP contribution >= 0.6 is 0 Å². The first-order valence-electron chi connectivity index (χ1n) is 7.83. The molecule has 116 valence electrons. The van der Waals surface area contributed by atoms with Crippen molar-refractivity contribution in [2.75, 3.05) is 19.7 Å². The first-order chi connectivity index (χ1) is 10.2. The maximum absolute atomic E-state index is 11.4. The van der Waals surface area contributed by atoms with Crippen molar-refractivity contribution in [2.24, 2.45) is 0 Å². The number of carbonyl (C=O) groups is 1. The van der Waals surface area contributed by atoms with Crippen LogP contribution in [0.2, 0.25) is 0 Å². The summed E-state index contributed by atoms with van der Waals surface area (Å²) in [6.45, 7) is 7.24. The van der Waals surface area contributed by atoms with Gasteiger partial charge in [-0.1, -0.05) is 6.92 Å². The van der Waals surface area contributed by atoms with E-state index >= 15 is 0 Å². The van der Waals surface area contributed by atoms with Crippen LogP contribution in [0.5, 0.6) is 0 Å². The van der Waals surface area contributed by atoms with E-state index in [1.165, 1.54) is 0 Å². The second-order valence-electron chi connectivity index (χ2n) is 5.99. The van der Waals surface area contributed by atoms with Crippen LogP contribution in [-0.2, 0) is 22.5 Å². The Bertz CT molecular complexity index is 514. The number of morpholine rings is 1. The lowest BCUT2D eigenvalue weighted by atomic mass is 10.0. The molecule has 3 heterocycles. The standard InChI is InChI=1S/C15H24N4O2/c1-3-14-16-10(2)12(17-14)8-19-6-4-11-13(5-7-19)21-9-15(20)18-11/h11,13H,3-9H2,1-2H3,(H,16,17)(H,18,20)/t11-,13-/m0/s1. The number of hydrogen-bond donors (Lipinski definition) is 2. The molecule has 0 radical (unpaired) electrons. The highest BCUT2D eigenvalue weighted by molar-refractivity contribution is 5.78. The van der Waals surface area contributed by atoms with Gasteiger partial charge in [0.15, 0.2) is 0 Å². The van der Waals surface area contributed by atoms with E-state index in [-0.39, 0.29) is 24.7 Å². The van der Waals surface area contributed by atoms with E-state index < -0.39 is 0 Å². The van der Waals surface area contributed by atoms with Crippen LogP contribution in [0, 0.1) is 6.92 Å². The molecule has 0 unspecified atom stereocenters. The van der Waals surface area contributed by atoms with Gasteiger partial charge in [-0.3, -0.25) is 9.69 Å². The van der Waals surface area contributed by atoms with E-state index in [0.29, 0.717) is 0 Å². The summed E-state index contributed by atoms with van der Waals surface area (Å²) < 4.78 is 5.66. The Kier molecular flexibility index (Phi) is 4.26. The van der Waals surface area contributed by atoms with Crippen LogP contribution in [0.4, 0.5) is 0 Å². The molecule has 2 N–H and O–H groups in total. The third-order valence-corrected chi connectivity index (χ3v) is 4.45. The molecular formula is C15H24N4O2. The van der Waals surface area contributed by atoms with E-state index in [1.54, 1.807) is 0 Å². The summed E-state index contributed by atoms with van der Waals surface area (Å²) in [6.07, 6.45) is 3.01. The van der Waals surface area contributed by atoms with Crippen molar-refractivity contribution in [3.8, 4) is 0 Å². The van der Waals surface area contributed by atoms with Gasteiger partial charge in [-0.2, -0.15) is 0 Å². The highest BCUT2D eigenvalue weighted by Gasteiger charge is 2.32. The lowest BCUT2D eigenvalue weighted by molar-refractivity contribution is -0.136. The molecule has 0 saturated carbocycles. The number of likely N-dealkylation sites (tertiary alicyclic amines) is 1. The highest BCUT2D eigenvalue weighted by atomic mass is 16.5. The number of carbonyl (C=O) groups excluding carboxylic acids is 1. The predicted molar refractivity (Wildman–Crippen MR) is 78.9 cm³/mol. The van der Waals surface area contributed by atoms with Gasteiger partial charge in [0, 0.05) is 31.7 Å². The molecule has 1 aromatic heterocycles. The van der Waals surface area contributed by atoms with Crippen molar-refractivity contribution in [2.45, 2.75) is 51.8 Å². The number of imidazole rings is 1. The molecule has 6 nitrogen and oxygen atoms in total. The van der Waals surface area contributed by atoms with Crippen molar-refractivity contribution in [1.29, 1.82) is 0 Å². The molecule has 1 aromatic rings. The van der Waals surface area contributed by atoms with Gasteiger partial charge in [-0.05, 0) is 19.8 Å². The fourth-order valence-corrected chi connectivity index (χ4v) is 3.18. The van der Waals surface area contributed by atoms with Crippen molar-refractivity contribution in [3.05, 3.63) is 17.2 Å². The molecule has 2 atom stereocenters. The minimum absolute atomic E-state index is 0.0143. The summed E-state index contributed by atoms with van der Waals surface area (Å²) in [5, 5.41) is 3.05. The first kappa shape index (κ1) is 14.5. The van der Waals surface area contributed by atoms with Crippen LogP contribution in [0.1, 0.15) is 37.0 Å². The smallest absolute Gasteiger partial charge is 0.246 e. The Labute approximate surface area is 125 Å². The third-order valence-electron chi connectivity index (χ3n) is 4.45. The highest BCUT2D eigenvalue weighted by Crippen LogP contribution is 2.19. The summed E-state index contributed by atoms with van der Waals surface area (Å²) in [4.78, 5) is 21.8. The molecule has 0 bridgehead atoms. The molecule has 0 aliphatic carbocycles.